The van der Waals surface area contributed by atoms with Crippen LogP contribution < -0.4 is 9.62 Å². The molecule has 0 saturated carbocycles. The molecule has 0 aliphatic carbocycles. The van der Waals surface area contributed by atoms with E-state index in [4.69, 9.17) is 23.2 Å². The molecule has 0 aliphatic rings. The zero-order chi connectivity index (χ0) is 26.6. The molecule has 0 spiro atoms. The summed E-state index contributed by atoms with van der Waals surface area (Å²) >= 11 is 12.4. The molecule has 0 heterocycles. The average Bonchev–Trinajstić information content (AvgIpc) is 2.74. The standard InChI is InChI=1S/C25H33Cl2N3O4S/c1-7-18-10-8-9-11-22(18)30(35(6,33)34)16-23(31)29(17(2)24(32)28-25(3,4)5)15-19-12-13-20(26)14-21(19)27/h8-14,17H,7,15-16H2,1-6H3,(H,28,32)/t17-/m0/s1. The van der Waals surface area contributed by atoms with Gasteiger partial charge in [0.25, 0.3) is 0 Å². The van der Waals surface area contributed by atoms with Gasteiger partial charge in [-0.05, 0) is 63.4 Å². The number of halogens is 2. The summed E-state index contributed by atoms with van der Waals surface area (Å²) in [6, 6.07) is 11.0. The lowest BCUT2D eigenvalue weighted by molar-refractivity contribution is -0.140. The number of para-hydroxylation sites is 1. The van der Waals surface area contributed by atoms with Crippen LogP contribution in [-0.4, -0.2) is 49.5 Å². The van der Waals surface area contributed by atoms with Gasteiger partial charge in [0.05, 0.1) is 11.9 Å². The predicted octanol–water partition coefficient (Wildman–Crippen LogP) is 4.65. The van der Waals surface area contributed by atoms with E-state index in [1.165, 1.54) is 4.90 Å². The lowest BCUT2D eigenvalue weighted by Crippen LogP contribution is -2.54. The fraction of sp³-hybridized carbons (Fsp3) is 0.440. The summed E-state index contributed by atoms with van der Waals surface area (Å²) in [6.45, 7) is 8.57. The molecule has 192 valence electrons. The summed E-state index contributed by atoms with van der Waals surface area (Å²) in [5.41, 5.74) is 1.29. The van der Waals surface area contributed by atoms with E-state index in [2.05, 4.69) is 5.32 Å². The lowest BCUT2D eigenvalue weighted by atomic mass is 10.1. The van der Waals surface area contributed by atoms with E-state index in [0.29, 0.717) is 27.7 Å². The summed E-state index contributed by atoms with van der Waals surface area (Å²) in [5.74, 6) is -0.903. The van der Waals surface area contributed by atoms with Crippen molar-refractivity contribution in [3.05, 3.63) is 63.6 Å². The second kappa shape index (κ2) is 11.6. The van der Waals surface area contributed by atoms with Crippen LogP contribution in [0.1, 0.15) is 45.7 Å². The summed E-state index contributed by atoms with van der Waals surface area (Å²) in [4.78, 5) is 28.0. The summed E-state index contributed by atoms with van der Waals surface area (Å²) < 4.78 is 26.6. The molecule has 0 fully saturated rings. The van der Waals surface area contributed by atoms with Crippen molar-refractivity contribution < 1.29 is 18.0 Å². The Kier molecular flexibility index (Phi) is 9.62. The van der Waals surface area contributed by atoms with Crippen molar-refractivity contribution in [3.63, 3.8) is 0 Å². The van der Waals surface area contributed by atoms with Gasteiger partial charge in [-0.15, -0.1) is 0 Å². The molecule has 0 saturated heterocycles. The second-order valence-electron chi connectivity index (χ2n) is 9.42. The van der Waals surface area contributed by atoms with E-state index < -0.39 is 34.1 Å². The molecule has 0 bridgehead atoms. The Morgan fingerprint density at radius 2 is 1.69 bits per heavy atom. The van der Waals surface area contributed by atoms with Gasteiger partial charge in [-0.2, -0.15) is 0 Å². The van der Waals surface area contributed by atoms with Crippen molar-refractivity contribution in [2.24, 2.45) is 0 Å². The second-order valence-corrected chi connectivity index (χ2v) is 12.2. The average molecular weight is 543 g/mol. The van der Waals surface area contributed by atoms with E-state index >= 15 is 0 Å². The summed E-state index contributed by atoms with van der Waals surface area (Å²) in [5, 5.41) is 3.66. The highest BCUT2D eigenvalue weighted by Crippen LogP contribution is 2.26. The van der Waals surface area contributed by atoms with Crippen LogP contribution in [0.25, 0.3) is 0 Å². The van der Waals surface area contributed by atoms with Gasteiger partial charge >= 0.3 is 0 Å². The van der Waals surface area contributed by atoms with Crippen LogP contribution in [0.2, 0.25) is 10.0 Å². The molecule has 35 heavy (non-hydrogen) atoms. The Bertz CT molecular complexity index is 1180. The van der Waals surface area contributed by atoms with Gasteiger partial charge in [-0.25, -0.2) is 8.42 Å². The number of carbonyl (C=O) groups is 2. The molecule has 0 unspecified atom stereocenters. The first-order chi connectivity index (χ1) is 16.1. The van der Waals surface area contributed by atoms with Gasteiger partial charge in [0.2, 0.25) is 21.8 Å². The van der Waals surface area contributed by atoms with Gasteiger partial charge < -0.3 is 10.2 Å². The number of hydrogen-bond donors (Lipinski definition) is 1. The van der Waals surface area contributed by atoms with Crippen LogP contribution in [0.3, 0.4) is 0 Å². The first-order valence-electron chi connectivity index (χ1n) is 11.2. The number of anilines is 1. The number of rotatable bonds is 9. The number of sulfonamides is 1. The first-order valence-corrected chi connectivity index (χ1v) is 13.9. The van der Waals surface area contributed by atoms with E-state index in [-0.39, 0.29) is 12.5 Å². The fourth-order valence-corrected chi connectivity index (χ4v) is 4.89. The minimum Gasteiger partial charge on any atom is -0.350 e. The van der Waals surface area contributed by atoms with E-state index in [1.807, 2.05) is 39.8 Å². The minimum atomic E-state index is -3.80. The monoisotopic (exact) mass is 541 g/mol. The Balaban J connectivity index is 2.48. The molecule has 0 aliphatic heterocycles. The van der Waals surface area contributed by atoms with Gasteiger partial charge in [-0.1, -0.05) is 54.4 Å². The molecule has 1 N–H and O–H groups in total. The summed E-state index contributed by atoms with van der Waals surface area (Å²) in [6.07, 6.45) is 1.65. The van der Waals surface area contributed by atoms with E-state index in [0.717, 1.165) is 16.1 Å². The molecule has 0 radical (unpaired) electrons. The maximum atomic E-state index is 13.6. The van der Waals surface area contributed by atoms with Crippen LogP contribution in [-0.2, 0) is 32.6 Å². The van der Waals surface area contributed by atoms with Gasteiger partial charge in [0.1, 0.15) is 12.6 Å². The zero-order valence-corrected chi connectivity index (χ0v) is 23.3. The fourth-order valence-electron chi connectivity index (χ4n) is 3.54. The number of amides is 2. The molecule has 2 aromatic carbocycles. The van der Waals surface area contributed by atoms with Crippen LogP contribution in [0.5, 0.6) is 0 Å². The predicted molar refractivity (Wildman–Crippen MR) is 142 cm³/mol. The number of hydrogen-bond acceptors (Lipinski definition) is 4. The Hall–Kier alpha value is -2.29. The number of nitrogens with zero attached hydrogens (tertiary/aromatic N) is 2. The zero-order valence-electron chi connectivity index (χ0n) is 20.9. The van der Waals surface area contributed by atoms with E-state index in [1.54, 1.807) is 37.3 Å². The minimum absolute atomic E-state index is 0.000587. The van der Waals surface area contributed by atoms with Gasteiger partial charge in [0, 0.05) is 22.1 Å². The number of benzene rings is 2. The lowest BCUT2D eigenvalue weighted by Gasteiger charge is -2.33. The Morgan fingerprint density at radius 3 is 2.23 bits per heavy atom. The Morgan fingerprint density at radius 1 is 1.06 bits per heavy atom. The molecule has 0 aromatic heterocycles. The van der Waals surface area contributed by atoms with Crippen molar-refractivity contribution in [2.75, 3.05) is 17.1 Å². The first kappa shape index (κ1) is 28.9. The van der Waals surface area contributed by atoms with Crippen LogP contribution in [0.15, 0.2) is 42.5 Å². The molecule has 2 amide bonds. The molecule has 10 heteroatoms. The van der Waals surface area contributed by atoms with Crippen molar-refractivity contribution in [3.8, 4) is 0 Å². The third kappa shape index (κ3) is 8.12. The molecular formula is C25H33Cl2N3O4S. The third-order valence-corrected chi connectivity index (χ3v) is 7.06. The van der Waals surface area contributed by atoms with Crippen LogP contribution >= 0.6 is 23.2 Å². The van der Waals surface area contributed by atoms with Gasteiger partial charge in [-0.3, -0.25) is 13.9 Å². The van der Waals surface area contributed by atoms with Crippen LogP contribution in [0.4, 0.5) is 5.69 Å². The van der Waals surface area contributed by atoms with Crippen molar-refractivity contribution >= 4 is 50.7 Å². The topological polar surface area (TPSA) is 86.8 Å². The Labute approximate surface area is 218 Å². The highest BCUT2D eigenvalue weighted by atomic mass is 35.5. The highest BCUT2D eigenvalue weighted by molar-refractivity contribution is 7.92. The van der Waals surface area contributed by atoms with Gasteiger partial charge in [0.15, 0.2) is 0 Å². The number of aryl methyl sites for hydroxylation is 1. The van der Waals surface area contributed by atoms with Crippen molar-refractivity contribution in [1.29, 1.82) is 0 Å². The smallest absolute Gasteiger partial charge is 0.244 e. The number of carbonyl (C=O) groups excluding carboxylic acids is 2. The van der Waals surface area contributed by atoms with E-state index in [9.17, 15) is 18.0 Å². The largest absolute Gasteiger partial charge is 0.350 e. The quantitative estimate of drug-likeness (QED) is 0.500. The van der Waals surface area contributed by atoms with Crippen LogP contribution in [0, 0.1) is 0 Å². The molecule has 2 rings (SSSR count). The SMILES string of the molecule is CCc1ccccc1N(CC(=O)N(Cc1ccc(Cl)cc1Cl)[C@@H](C)C(=O)NC(C)(C)C)S(C)(=O)=O. The maximum Gasteiger partial charge on any atom is 0.244 e. The molecule has 7 nitrogen and oxygen atoms in total. The normalized spacial score (nSPS) is 12.7. The number of nitrogens with one attached hydrogen (secondary N) is 1. The molecule has 1 atom stereocenters. The van der Waals surface area contributed by atoms with Crippen molar-refractivity contribution in [1.82, 2.24) is 10.2 Å². The maximum absolute atomic E-state index is 13.6. The molecule has 2 aromatic rings. The van der Waals surface area contributed by atoms with Crippen molar-refractivity contribution in [2.45, 2.75) is 59.2 Å². The summed E-state index contributed by atoms with van der Waals surface area (Å²) in [7, 11) is -3.80. The highest BCUT2D eigenvalue weighted by Gasteiger charge is 2.32. The molecular weight excluding hydrogens is 509 g/mol. The third-order valence-electron chi connectivity index (χ3n) is 5.34.